The Morgan fingerprint density at radius 3 is 2.33 bits per heavy atom. The monoisotopic (exact) mass is 637 g/mol. The second-order valence-electron chi connectivity index (χ2n) is 9.83. The number of benzene rings is 3. The van der Waals surface area contributed by atoms with Crippen LogP contribution in [0.2, 0.25) is 0 Å². The molecule has 1 fully saturated rings. The smallest absolute Gasteiger partial charge is 0.345 e. The van der Waals surface area contributed by atoms with Crippen molar-refractivity contribution in [3.05, 3.63) is 101 Å². The number of halogens is 4. The minimum absolute atomic E-state index is 0. The number of ether oxygens (including phenoxy) is 1. The fourth-order valence-corrected chi connectivity index (χ4v) is 5.66. The molecule has 3 aromatic rings. The van der Waals surface area contributed by atoms with E-state index in [2.05, 4.69) is 5.32 Å². The van der Waals surface area contributed by atoms with Crippen molar-refractivity contribution >= 4 is 42.0 Å². The summed E-state index contributed by atoms with van der Waals surface area (Å²) in [6.07, 6.45) is -1.24. The van der Waals surface area contributed by atoms with Crippen LogP contribution in [0.4, 0.5) is 13.2 Å². The van der Waals surface area contributed by atoms with Gasteiger partial charge in [0, 0.05) is 43.8 Å². The summed E-state index contributed by atoms with van der Waals surface area (Å²) in [5.41, 5.74) is 7.44. The molecule has 0 aliphatic carbocycles. The standard InChI is InChI=1S/C30H30F3N3O5S.ClH/c31-23-16-25(33)24(32)14-20(23)13-21(34)15-27(37)36-10-11-42-29(36)28(38)35-17-19-6-8-22(9-7-19)41-26(30(39)40)12-18-4-2-1-3-5-18;/h1-9,14,16,21,26,29H,10-13,15,17,34H2,(H,35,38)(H,39,40);1H/t21-,26?,29?;/m1./s1. The van der Waals surface area contributed by atoms with Crippen LogP contribution < -0.4 is 15.8 Å². The van der Waals surface area contributed by atoms with Gasteiger partial charge in [-0.1, -0.05) is 42.5 Å². The van der Waals surface area contributed by atoms with Gasteiger partial charge in [-0.3, -0.25) is 9.59 Å². The van der Waals surface area contributed by atoms with Gasteiger partial charge in [0.2, 0.25) is 5.91 Å². The molecular formula is C30H31ClF3N3O5S. The van der Waals surface area contributed by atoms with Gasteiger partial charge in [0.05, 0.1) is 0 Å². The number of carboxylic acid groups (broad SMARTS) is 1. The number of carboxylic acids is 1. The molecule has 2 unspecified atom stereocenters. The molecule has 3 aromatic carbocycles. The number of amides is 2. The van der Waals surface area contributed by atoms with Crippen molar-refractivity contribution < 1.29 is 37.4 Å². The van der Waals surface area contributed by atoms with Gasteiger partial charge in [0.25, 0.3) is 5.91 Å². The normalized spacial score (nSPS) is 15.7. The third kappa shape index (κ3) is 9.37. The SMILES string of the molecule is Cl.N[C@@H](CC(=O)N1CCSC1C(=O)NCc1ccc(OC(Cc2ccccc2)C(=O)O)cc1)Cc1cc(F)c(F)cc1F. The number of nitrogens with zero attached hydrogens (tertiary/aromatic N) is 1. The first-order valence-electron chi connectivity index (χ1n) is 13.2. The first-order valence-corrected chi connectivity index (χ1v) is 14.3. The summed E-state index contributed by atoms with van der Waals surface area (Å²) >= 11 is 1.30. The van der Waals surface area contributed by atoms with Crippen LogP contribution in [-0.4, -0.2) is 57.6 Å². The minimum atomic E-state index is -1.31. The van der Waals surface area contributed by atoms with Crippen molar-refractivity contribution in [3.8, 4) is 5.75 Å². The van der Waals surface area contributed by atoms with Crippen LogP contribution in [0.5, 0.6) is 5.75 Å². The molecule has 0 aromatic heterocycles. The molecule has 8 nitrogen and oxygen atoms in total. The van der Waals surface area contributed by atoms with Gasteiger partial charge in [-0.25, -0.2) is 18.0 Å². The number of nitrogens with two attached hydrogens (primary N) is 1. The highest BCUT2D eigenvalue weighted by molar-refractivity contribution is 8.00. The first kappa shape index (κ1) is 33.8. The Labute approximate surface area is 257 Å². The summed E-state index contributed by atoms with van der Waals surface area (Å²) in [7, 11) is 0. The van der Waals surface area contributed by atoms with E-state index in [0.29, 0.717) is 24.1 Å². The predicted octanol–water partition coefficient (Wildman–Crippen LogP) is 4.08. The van der Waals surface area contributed by atoms with E-state index in [-0.39, 0.29) is 49.7 Å². The molecule has 1 saturated heterocycles. The maximum Gasteiger partial charge on any atom is 0.345 e. The quantitative estimate of drug-likeness (QED) is 0.256. The summed E-state index contributed by atoms with van der Waals surface area (Å²) in [5.74, 6) is -4.40. The number of hydrogen-bond donors (Lipinski definition) is 3. The van der Waals surface area contributed by atoms with Gasteiger partial charge in [-0.15, -0.1) is 24.2 Å². The lowest BCUT2D eigenvalue weighted by Crippen LogP contribution is -2.46. The summed E-state index contributed by atoms with van der Waals surface area (Å²) in [6, 6.07) is 16.1. The van der Waals surface area contributed by atoms with Crippen molar-refractivity contribution in [1.29, 1.82) is 0 Å². The van der Waals surface area contributed by atoms with Crippen LogP contribution in [-0.2, 0) is 33.8 Å². The van der Waals surface area contributed by atoms with Crippen molar-refractivity contribution in [2.75, 3.05) is 12.3 Å². The maximum absolute atomic E-state index is 14.0. The highest BCUT2D eigenvalue weighted by Gasteiger charge is 2.35. The van der Waals surface area contributed by atoms with E-state index in [4.69, 9.17) is 10.5 Å². The van der Waals surface area contributed by atoms with Crippen molar-refractivity contribution in [3.63, 3.8) is 0 Å². The van der Waals surface area contributed by atoms with Gasteiger partial charge >= 0.3 is 5.97 Å². The number of hydrogen-bond acceptors (Lipinski definition) is 6. The number of carbonyl (C=O) groups excluding carboxylic acids is 2. The molecule has 2 amide bonds. The Bertz CT molecular complexity index is 1420. The lowest BCUT2D eigenvalue weighted by molar-refractivity contribution is -0.145. The molecule has 3 atom stereocenters. The Morgan fingerprint density at radius 2 is 1.65 bits per heavy atom. The Kier molecular flexibility index (Phi) is 12.3. The third-order valence-corrected chi connectivity index (χ3v) is 7.85. The molecule has 4 N–H and O–H groups in total. The number of thioether (sulfide) groups is 1. The lowest BCUT2D eigenvalue weighted by atomic mass is 10.0. The zero-order valence-electron chi connectivity index (χ0n) is 22.9. The van der Waals surface area contributed by atoms with E-state index in [1.165, 1.54) is 16.7 Å². The molecule has 1 aliphatic rings. The molecule has 13 heteroatoms. The van der Waals surface area contributed by atoms with Gasteiger partial charge in [0.15, 0.2) is 23.1 Å². The van der Waals surface area contributed by atoms with Crippen molar-refractivity contribution in [2.24, 2.45) is 5.73 Å². The Morgan fingerprint density at radius 1 is 0.977 bits per heavy atom. The average Bonchev–Trinajstić information content (AvgIpc) is 3.46. The topological polar surface area (TPSA) is 122 Å². The molecule has 230 valence electrons. The zero-order valence-corrected chi connectivity index (χ0v) is 24.5. The maximum atomic E-state index is 14.0. The second-order valence-corrected chi connectivity index (χ2v) is 11.0. The van der Waals surface area contributed by atoms with E-state index in [1.54, 1.807) is 24.3 Å². The fourth-order valence-electron chi connectivity index (χ4n) is 4.49. The van der Waals surface area contributed by atoms with Gasteiger partial charge < -0.3 is 25.8 Å². The van der Waals surface area contributed by atoms with Crippen LogP contribution >= 0.6 is 24.2 Å². The molecule has 0 radical (unpaired) electrons. The Hall–Kier alpha value is -3.74. The molecule has 1 aliphatic heterocycles. The average molecular weight is 638 g/mol. The highest BCUT2D eigenvalue weighted by atomic mass is 35.5. The molecule has 1 heterocycles. The molecule has 4 rings (SSSR count). The Balaban J connectivity index is 0.00000506. The largest absolute Gasteiger partial charge is 0.478 e. The predicted molar refractivity (Wildman–Crippen MR) is 158 cm³/mol. The third-order valence-electron chi connectivity index (χ3n) is 6.65. The van der Waals surface area contributed by atoms with Crippen molar-refractivity contribution in [2.45, 2.75) is 43.3 Å². The lowest BCUT2D eigenvalue weighted by Gasteiger charge is -2.24. The minimum Gasteiger partial charge on any atom is -0.478 e. The molecule has 43 heavy (non-hydrogen) atoms. The van der Waals surface area contributed by atoms with Crippen LogP contribution in [0, 0.1) is 17.5 Å². The van der Waals surface area contributed by atoms with E-state index < -0.39 is 46.8 Å². The van der Waals surface area contributed by atoms with E-state index >= 15 is 0 Å². The van der Waals surface area contributed by atoms with E-state index in [0.717, 1.165) is 17.2 Å². The van der Waals surface area contributed by atoms with Gasteiger partial charge in [-0.05, 0) is 41.3 Å². The van der Waals surface area contributed by atoms with E-state index in [9.17, 15) is 32.7 Å². The fraction of sp³-hybridized carbons (Fsp3) is 0.300. The van der Waals surface area contributed by atoms with Crippen molar-refractivity contribution in [1.82, 2.24) is 10.2 Å². The molecular weight excluding hydrogens is 607 g/mol. The van der Waals surface area contributed by atoms with Gasteiger partial charge in [0.1, 0.15) is 11.6 Å². The number of aliphatic carboxylic acids is 1. The molecule has 0 saturated carbocycles. The van der Waals surface area contributed by atoms with E-state index in [1.807, 2.05) is 30.3 Å². The molecule has 0 spiro atoms. The van der Waals surface area contributed by atoms with Gasteiger partial charge in [-0.2, -0.15) is 0 Å². The highest BCUT2D eigenvalue weighted by Crippen LogP contribution is 2.26. The molecule has 0 bridgehead atoms. The van der Waals surface area contributed by atoms with Crippen LogP contribution in [0.1, 0.15) is 23.1 Å². The first-order chi connectivity index (χ1) is 20.1. The summed E-state index contributed by atoms with van der Waals surface area (Å²) in [5, 5.41) is 11.6. The summed E-state index contributed by atoms with van der Waals surface area (Å²) in [6.45, 7) is 0.493. The summed E-state index contributed by atoms with van der Waals surface area (Å²) < 4.78 is 46.3. The second kappa shape index (κ2) is 15.6. The zero-order chi connectivity index (χ0) is 30.2. The van der Waals surface area contributed by atoms with Crippen LogP contribution in [0.25, 0.3) is 0 Å². The number of carbonyl (C=O) groups is 3. The number of rotatable bonds is 12. The summed E-state index contributed by atoms with van der Waals surface area (Å²) in [4.78, 5) is 38.9. The number of nitrogens with one attached hydrogen (secondary N) is 1. The van der Waals surface area contributed by atoms with Crippen LogP contribution in [0.15, 0.2) is 66.7 Å². The van der Waals surface area contributed by atoms with Crippen LogP contribution in [0.3, 0.4) is 0 Å².